The van der Waals surface area contributed by atoms with Crippen molar-refractivity contribution in [2.24, 2.45) is 0 Å². The van der Waals surface area contributed by atoms with Crippen molar-refractivity contribution in [1.29, 1.82) is 0 Å². The molecule has 1 nitrogen and oxygen atoms in total. The van der Waals surface area contributed by atoms with Crippen molar-refractivity contribution in [3.8, 4) is 0 Å². The van der Waals surface area contributed by atoms with Gasteiger partial charge in [0.1, 0.15) is 0 Å². The quantitative estimate of drug-likeness (QED) is 0.476. The molecule has 0 N–H and O–H groups in total. The largest absolute Gasteiger partial charge is 0.373 e. The molecule has 1 atom stereocenters. The molecule has 0 aromatic heterocycles. The van der Waals surface area contributed by atoms with Crippen LogP contribution >= 0.6 is 24.8 Å². The SMILES string of the molecule is C.CC1CO1.Cl.Cl. The summed E-state index contributed by atoms with van der Waals surface area (Å²) < 4.78 is 4.71. The fourth-order valence-corrected chi connectivity index (χ4v) is 0.0962. The maximum absolute atomic E-state index is 4.71. The summed E-state index contributed by atoms with van der Waals surface area (Å²) in [4.78, 5) is 0. The molecule has 0 bridgehead atoms. The Kier molecular flexibility index (Phi) is 14.6. The molecular formula is C4H12Cl2O. The highest BCUT2D eigenvalue weighted by molar-refractivity contribution is 5.85. The van der Waals surface area contributed by atoms with Crippen molar-refractivity contribution < 1.29 is 4.74 Å². The van der Waals surface area contributed by atoms with Crippen LogP contribution in [0.1, 0.15) is 14.4 Å². The summed E-state index contributed by atoms with van der Waals surface area (Å²) in [6.07, 6.45) is 0.583. The van der Waals surface area contributed by atoms with Crippen LogP contribution in [0.4, 0.5) is 0 Å². The van der Waals surface area contributed by atoms with Crippen molar-refractivity contribution in [3.63, 3.8) is 0 Å². The van der Waals surface area contributed by atoms with Crippen molar-refractivity contribution in [3.05, 3.63) is 0 Å². The maximum Gasteiger partial charge on any atom is 0.0781 e. The third-order valence-corrected chi connectivity index (χ3v) is 0.500. The van der Waals surface area contributed by atoms with Crippen LogP contribution in [0.5, 0.6) is 0 Å². The third-order valence-electron chi connectivity index (χ3n) is 0.500. The second kappa shape index (κ2) is 6.54. The number of hydrogen-bond acceptors (Lipinski definition) is 1. The van der Waals surface area contributed by atoms with Gasteiger partial charge in [-0.1, -0.05) is 7.43 Å². The van der Waals surface area contributed by atoms with Crippen molar-refractivity contribution in [2.45, 2.75) is 20.5 Å². The molecule has 0 saturated carbocycles. The highest BCUT2D eigenvalue weighted by Crippen LogP contribution is 2.04. The van der Waals surface area contributed by atoms with E-state index in [0.29, 0.717) is 6.10 Å². The lowest BCUT2D eigenvalue weighted by Crippen LogP contribution is -1.60. The lowest BCUT2D eigenvalue weighted by atomic mass is 10.6. The van der Waals surface area contributed by atoms with Crippen LogP contribution in [0.15, 0.2) is 0 Å². The van der Waals surface area contributed by atoms with Crippen molar-refractivity contribution in [1.82, 2.24) is 0 Å². The van der Waals surface area contributed by atoms with Gasteiger partial charge in [-0.05, 0) is 6.92 Å². The van der Waals surface area contributed by atoms with Crippen LogP contribution in [0.3, 0.4) is 0 Å². The normalized spacial score (nSPS) is 22.7. The summed E-state index contributed by atoms with van der Waals surface area (Å²) in [5.41, 5.74) is 0. The molecular weight excluding hydrogens is 135 g/mol. The predicted molar refractivity (Wildman–Crippen MR) is 36.6 cm³/mol. The van der Waals surface area contributed by atoms with Gasteiger partial charge >= 0.3 is 0 Å². The molecule has 0 amide bonds. The summed E-state index contributed by atoms with van der Waals surface area (Å²) >= 11 is 0. The Labute approximate surface area is 57.3 Å². The summed E-state index contributed by atoms with van der Waals surface area (Å²) in [6.45, 7) is 3.04. The number of rotatable bonds is 0. The van der Waals surface area contributed by atoms with E-state index in [0.717, 1.165) is 6.61 Å². The predicted octanol–water partition coefficient (Wildman–Crippen LogP) is 1.88. The van der Waals surface area contributed by atoms with Crippen LogP contribution in [0.25, 0.3) is 0 Å². The van der Waals surface area contributed by atoms with E-state index in [4.69, 9.17) is 4.74 Å². The zero-order valence-corrected chi connectivity index (χ0v) is 5.14. The lowest BCUT2D eigenvalue weighted by molar-refractivity contribution is 0.423. The highest BCUT2D eigenvalue weighted by atomic mass is 35.5. The van der Waals surface area contributed by atoms with Gasteiger partial charge in [0.2, 0.25) is 0 Å². The molecule has 1 saturated heterocycles. The van der Waals surface area contributed by atoms with Crippen LogP contribution in [0, 0.1) is 0 Å². The Morgan fingerprint density at radius 2 is 1.57 bits per heavy atom. The fourth-order valence-electron chi connectivity index (χ4n) is 0.0962. The Hall–Kier alpha value is 0.540. The van der Waals surface area contributed by atoms with Crippen LogP contribution in [0.2, 0.25) is 0 Å². The number of hydrogen-bond donors (Lipinski definition) is 0. The van der Waals surface area contributed by atoms with E-state index in [1.165, 1.54) is 0 Å². The number of ether oxygens (including phenoxy) is 1. The first-order valence-electron chi connectivity index (χ1n) is 1.51. The van der Waals surface area contributed by atoms with Crippen molar-refractivity contribution >= 4 is 24.8 Å². The Morgan fingerprint density at radius 3 is 1.57 bits per heavy atom. The van der Waals surface area contributed by atoms with Gasteiger partial charge in [0.25, 0.3) is 0 Å². The summed E-state index contributed by atoms with van der Waals surface area (Å²) in [7, 11) is 0. The first kappa shape index (κ1) is 15.6. The van der Waals surface area contributed by atoms with Crippen LogP contribution in [-0.4, -0.2) is 12.7 Å². The van der Waals surface area contributed by atoms with Gasteiger partial charge in [-0.3, -0.25) is 0 Å². The number of halogens is 2. The van der Waals surface area contributed by atoms with E-state index >= 15 is 0 Å². The average Bonchev–Trinajstić information content (AvgIpc) is 1.75. The first-order valence-corrected chi connectivity index (χ1v) is 1.51. The van der Waals surface area contributed by atoms with Gasteiger partial charge in [0.05, 0.1) is 12.7 Å². The van der Waals surface area contributed by atoms with Crippen LogP contribution < -0.4 is 0 Å². The Bertz CT molecular complexity index is 28.9. The molecule has 0 spiro atoms. The molecule has 0 radical (unpaired) electrons. The van der Waals surface area contributed by atoms with Gasteiger partial charge in [-0.25, -0.2) is 0 Å². The Balaban J connectivity index is -0.0000000533. The third kappa shape index (κ3) is 10.8. The summed E-state index contributed by atoms with van der Waals surface area (Å²) in [5, 5.41) is 0. The molecule has 3 heteroatoms. The van der Waals surface area contributed by atoms with E-state index in [-0.39, 0.29) is 32.2 Å². The topological polar surface area (TPSA) is 12.5 Å². The molecule has 0 aromatic rings. The van der Waals surface area contributed by atoms with Crippen molar-refractivity contribution in [2.75, 3.05) is 6.61 Å². The first-order chi connectivity index (χ1) is 1.89. The molecule has 1 rings (SSSR count). The Morgan fingerprint density at radius 1 is 1.43 bits per heavy atom. The van der Waals surface area contributed by atoms with Gasteiger partial charge in [-0.15, -0.1) is 24.8 Å². The lowest BCUT2D eigenvalue weighted by Gasteiger charge is -1.50. The fraction of sp³-hybridized carbons (Fsp3) is 1.00. The molecule has 0 aliphatic carbocycles. The maximum atomic E-state index is 4.71. The molecule has 48 valence electrons. The molecule has 0 aromatic carbocycles. The van der Waals surface area contributed by atoms with E-state index < -0.39 is 0 Å². The molecule has 7 heavy (non-hydrogen) atoms. The summed E-state index contributed by atoms with van der Waals surface area (Å²) in [6, 6.07) is 0. The van der Waals surface area contributed by atoms with Crippen LogP contribution in [-0.2, 0) is 4.74 Å². The smallest absolute Gasteiger partial charge is 0.0781 e. The minimum absolute atomic E-state index is 0. The molecule has 1 aliphatic heterocycles. The van der Waals surface area contributed by atoms with Gasteiger partial charge in [-0.2, -0.15) is 0 Å². The molecule has 1 unspecified atom stereocenters. The minimum atomic E-state index is 0. The van der Waals surface area contributed by atoms with Gasteiger partial charge in [0.15, 0.2) is 0 Å². The van der Waals surface area contributed by atoms with Gasteiger partial charge < -0.3 is 4.74 Å². The monoisotopic (exact) mass is 146 g/mol. The highest BCUT2D eigenvalue weighted by Gasteiger charge is 2.13. The second-order valence-electron chi connectivity index (χ2n) is 1.14. The number of epoxide rings is 1. The van der Waals surface area contributed by atoms with E-state index in [1.54, 1.807) is 0 Å². The molecule has 1 aliphatic rings. The molecule has 1 heterocycles. The standard InChI is InChI=1S/C3H6O.CH4.2ClH/c1-3-2-4-3;;;/h3H,2H2,1H3;1H4;2*1H. The zero-order valence-electron chi connectivity index (χ0n) is 3.51. The summed E-state index contributed by atoms with van der Waals surface area (Å²) in [5.74, 6) is 0. The second-order valence-corrected chi connectivity index (χ2v) is 1.14. The van der Waals surface area contributed by atoms with Gasteiger partial charge in [0, 0.05) is 0 Å². The minimum Gasteiger partial charge on any atom is -0.373 e. The molecule has 1 fully saturated rings. The average molecular weight is 147 g/mol. The van der Waals surface area contributed by atoms with E-state index in [2.05, 4.69) is 6.92 Å². The van der Waals surface area contributed by atoms with E-state index in [1.807, 2.05) is 0 Å². The van der Waals surface area contributed by atoms with E-state index in [9.17, 15) is 0 Å². The zero-order chi connectivity index (χ0) is 2.99.